The number of pyridine rings is 1. The van der Waals surface area contributed by atoms with E-state index in [4.69, 9.17) is 0 Å². The molecule has 0 amide bonds. The SMILES string of the molecule is Cc1c(N=Cc2c(O)c3ccccc3n(C)c2=O)c(=O)n(-c2ccccc2)n1C. The molecule has 0 radical (unpaired) electrons. The topological polar surface area (TPSA) is 81.5 Å². The van der Waals surface area contributed by atoms with Crippen molar-refractivity contribution in [1.82, 2.24) is 13.9 Å². The van der Waals surface area contributed by atoms with Crippen molar-refractivity contribution in [2.24, 2.45) is 19.1 Å². The number of aromatic nitrogens is 3. The summed E-state index contributed by atoms with van der Waals surface area (Å²) in [4.78, 5) is 30.0. The summed E-state index contributed by atoms with van der Waals surface area (Å²) in [5.74, 6) is -0.149. The van der Waals surface area contributed by atoms with Crippen LogP contribution in [0.3, 0.4) is 0 Å². The van der Waals surface area contributed by atoms with Gasteiger partial charge in [-0.3, -0.25) is 14.3 Å². The van der Waals surface area contributed by atoms with Gasteiger partial charge in [0.1, 0.15) is 11.3 Å². The van der Waals surface area contributed by atoms with Gasteiger partial charge in [-0.2, -0.15) is 0 Å². The number of fused-ring (bicyclic) bond motifs is 1. The van der Waals surface area contributed by atoms with Crippen LogP contribution in [0.1, 0.15) is 11.3 Å². The summed E-state index contributed by atoms with van der Waals surface area (Å²) in [6.45, 7) is 1.78. The third-order valence-corrected chi connectivity index (χ3v) is 5.16. The molecule has 0 spiro atoms. The van der Waals surface area contributed by atoms with E-state index in [1.807, 2.05) is 30.3 Å². The van der Waals surface area contributed by atoms with Crippen LogP contribution in [0.2, 0.25) is 0 Å². The lowest BCUT2D eigenvalue weighted by Crippen LogP contribution is -2.21. The average Bonchev–Trinajstić information content (AvgIpc) is 2.95. The van der Waals surface area contributed by atoms with Gasteiger partial charge >= 0.3 is 0 Å². The fourth-order valence-electron chi connectivity index (χ4n) is 3.45. The Morgan fingerprint density at radius 3 is 2.31 bits per heavy atom. The van der Waals surface area contributed by atoms with Crippen molar-refractivity contribution in [3.8, 4) is 11.4 Å². The van der Waals surface area contributed by atoms with Crippen molar-refractivity contribution in [2.75, 3.05) is 0 Å². The molecule has 0 unspecified atom stereocenters. The number of benzene rings is 2. The van der Waals surface area contributed by atoms with E-state index in [0.717, 1.165) is 0 Å². The number of aliphatic imine (C=N–C) groups is 1. The predicted molar refractivity (Wildman–Crippen MR) is 114 cm³/mol. The number of aryl methyl sites for hydroxylation is 1. The lowest BCUT2D eigenvalue weighted by atomic mass is 10.1. The Hall–Kier alpha value is -3.87. The van der Waals surface area contributed by atoms with Crippen molar-refractivity contribution >= 4 is 22.8 Å². The van der Waals surface area contributed by atoms with E-state index in [9.17, 15) is 14.7 Å². The molecule has 7 heteroatoms. The lowest BCUT2D eigenvalue weighted by molar-refractivity contribution is 0.478. The Morgan fingerprint density at radius 1 is 0.931 bits per heavy atom. The average molecular weight is 388 g/mol. The van der Waals surface area contributed by atoms with Crippen molar-refractivity contribution in [3.63, 3.8) is 0 Å². The summed E-state index contributed by atoms with van der Waals surface area (Å²) < 4.78 is 4.68. The first-order valence-corrected chi connectivity index (χ1v) is 9.10. The Morgan fingerprint density at radius 2 is 1.59 bits per heavy atom. The second-order valence-corrected chi connectivity index (χ2v) is 6.81. The zero-order valence-corrected chi connectivity index (χ0v) is 16.3. The Balaban J connectivity index is 1.88. The minimum Gasteiger partial charge on any atom is -0.506 e. The van der Waals surface area contributed by atoms with Gasteiger partial charge in [-0.1, -0.05) is 30.3 Å². The minimum absolute atomic E-state index is 0.0418. The summed E-state index contributed by atoms with van der Waals surface area (Å²) in [5.41, 5.74) is 1.55. The molecule has 0 aliphatic rings. The summed E-state index contributed by atoms with van der Waals surface area (Å²) in [7, 11) is 3.41. The van der Waals surface area contributed by atoms with Gasteiger partial charge in [0.15, 0.2) is 5.69 Å². The monoisotopic (exact) mass is 388 g/mol. The fraction of sp³-hybridized carbons (Fsp3) is 0.136. The second kappa shape index (κ2) is 6.94. The first-order chi connectivity index (χ1) is 13.9. The van der Waals surface area contributed by atoms with Gasteiger partial charge in [0, 0.05) is 25.7 Å². The van der Waals surface area contributed by atoms with Crippen LogP contribution in [0, 0.1) is 6.92 Å². The molecule has 0 fully saturated rings. The van der Waals surface area contributed by atoms with E-state index in [1.54, 1.807) is 50.0 Å². The summed E-state index contributed by atoms with van der Waals surface area (Å²) in [6.07, 6.45) is 1.27. The highest BCUT2D eigenvalue weighted by atomic mass is 16.3. The largest absolute Gasteiger partial charge is 0.506 e. The number of nitrogens with zero attached hydrogens (tertiary/aromatic N) is 4. The molecule has 4 aromatic rings. The summed E-state index contributed by atoms with van der Waals surface area (Å²) >= 11 is 0. The van der Waals surface area contributed by atoms with Crippen molar-refractivity contribution in [1.29, 1.82) is 0 Å². The molecule has 2 aromatic heterocycles. The molecule has 2 aromatic carbocycles. The van der Waals surface area contributed by atoms with Gasteiger partial charge < -0.3 is 9.67 Å². The molecule has 0 aliphatic heterocycles. The predicted octanol–water partition coefficient (Wildman–Crippen LogP) is 2.79. The van der Waals surface area contributed by atoms with E-state index in [-0.39, 0.29) is 28.1 Å². The van der Waals surface area contributed by atoms with Crippen molar-refractivity contribution in [3.05, 3.63) is 86.6 Å². The highest BCUT2D eigenvalue weighted by Gasteiger charge is 2.17. The van der Waals surface area contributed by atoms with E-state index < -0.39 is 0 Å². The standard InChI is InChI=1S/C22H20N4O3/c1-14-19(22(29)26(25(14)3)15-9-5-4-6-10-15)23-13-17-20(27)16-11-7-8-12-18(16)24(2)21(17)28/h4-13,27H,1-3H3. The van der Waals surface area contributed by atoms with Gasteiger partial charge in [0.25, 0.3) is 11.1 Å². The Kier molecular flexibility index (Phi) is 4.43. The van der Waals surface area contributed by atoms with E-state index in [2.05, 4.69) is 4.99 Å². The Bertz CT molecular complexity index is 1380. The van der Waals surface area contributed by atoms with Gasteiger partial charge in [0.2, 0.25) is 0 Å². The number of hydrogen-bond donors (Lipinski definition) is 1. The normalized spacial score (nSPS) is 11.6. The fourth-order valence-corrected chi connectivity index (χ4v) is 3.45. The molecule has 0 saturated heterocycles. The van der Waals surface area contributed by atoms with Crippen molar-refractivity contribution < 1.29 is 5.11 Å². The molecular weight excluding hydrogens is 368 g/mol. The van der Waals surface area contributed by atoms with Crippen LogP contribution in [0.5, 0.6) is 5.75 Å². The zero-order valence-electron chi connectivity index (χ0n) is 16.3. The maximum absolute atomic E-state index is 13.0. The molecule has 29 heavy (non-hydrogen) atoms. The van der Waals surface area contributed by atoms with Crippen LogP contribution in [-0.4, -0.2) is 25.3 Å². The Labute approximate surface area is 166 Å². The lowest BCUT2D eigenvalue weighted by Gasteiger charge is -2.08. The molecule has 7 nitrogen and oxygen atoms in total. The number of aromatic hydroxyl groups is 1. The molecule has 0 atom stereocenters. The molecule has 0 aliphatic carbocycles. The molecule has 4 rings (SSSR count). The van der Waals surface area contributed by atoms with E-state index in [0.29, 0.717) is 22.3 Å². The quantitative estimate of drug-likeness (QED) is 0.548. The maximum atomic E-state index is 13.0. The third-order valence-electron chi connectivity index (χ3n) is 5.16. The van der Waals surface area contributed by atoms with E-state index >= 15 is 0 Å². The third kappa shape index (κ3) is 2.87. The highest BCUT2D eigenvalue weighted by molar-refractivity contribution is 5.95. The highest BCUT2D eigenvalue weighted by Crippen LogP contribution is 2.25. The molecule has 0 bridgehead atoms. The van der Waals surface area contributed by atoms with Gasteiger partial charge in [-0.15, -0.1) is 0 Å². The van der Waals surface area contributed by atoms with Crippen LogP contribution in [0.4, 0.5) is 5.69 Å². The summed E-state index contributed by atoms with van der Waals surface area (Å²) in [5, 5.41) is 11.2. The van der Waals surface area contributed by atoms with Crippen LogP contribution < -0.4 is 11.1 Å². The van der Waals surface area contributed by atoms with E-state index in [1.165, 1.54) is 15.5 Å². The molecular formula is C22H20N4O3. The van der Waals surface area contributed by atoms with Crippen molar-refractivity contribution in [2.45, 2.75) is 6.92 Å². The number of hydrogen-bond acceptors (Lipinski definition) is 4. The van der Waals surface area contributed by atoms with Crippen LogP contribution >= 0.6 is 0 Å². The molecule has 146 valence electrons. The maximum Gasteiger partial charge on any atom is 0.297 e. The number of para-hydroxylation sites is 2. The molecule has 1 N–H and O–H groups in total. The zero-order chi connectivity index (χ0) is 20.7. The second-order valence-electron chi connectivity index (χ2n) is 6.81. The molecule has 0 saturated carbocycles. The first kappa shape index (κ1) is 18.5. The number of rotatable bonds is 3. The van der Waals surface area contributed by atoms with Crippen LogP contribution in [0.25, 0.3) is 16.6 Å². The van der Waals surface area contributed by atoms with Gasteiger partial charge in [-0.05, 0) is 31.2 Å². The molecule has 2 heterocycles. The minimum atomic E-state index is -0.387. The van der Waals surface area contributed by atoms with Crippen LogP contribution in [-0.2, 0) is 14.1 Å². The smallest absolute Gasteiger partial charge is 0.297 e. The summed E-state index contributed by atoms with van der Waals surface area (Å²) in [6, 6.07) is 16.3. The van der Waals surface area contributed by atoms with Crippen LogP contribution in [0.15, 0.2) is 69.2 Å². The van der Waals surface area contributed by atoms with Gasteiger partial charge in [0.05, 0.1) is 16.9 Å². The first-order valence-electron chi connectivity index (χ1n) is 9.10. The van der Waals surface area contributed by atoms with Gasteiger partial charge in [-0.25, -0.2) is 9.67 Å².